The molecule has 1 N–H and O–H groups in total. The van der Waals surface area contributed by atoms with Gasteiger partial charge in [-0.3, -0.25) is 4.98 Å². The zero-order valence-corrected chi connectivity index (χ0v) is 8.43. The van der Waals surface area contributed by atoms with E-state index in [-0.39, 0.29) is 0 Å². The van der Waals surface area contributed by atoms with Crippen LogP contribution in [0.15, 0.2) is 12.3 Å². The molecule has 0 radical (unpaired) electrons. The van der Waals surface area contributed by atoms with Crippen LogP contribution in [0, 0.1) is 6.92 Å². The van der Waals surface area contributed by atoms with Crippen LogP contribution >= 0.6 is 0 Å². The average molecular weight is 186 g/mol. The average Bonchev–Trinajstić information content (AvgIpc) is 2.59. The third-order valence-electron chi connectivity index (χ3n) is 3.21. The van der Waals surface area contributed by atoms with Crippen LogP contribution in [0.1, 0.15) is 29.8 Å². The lowest BCUT2D eigenvalue weighted by atomic mass is 9.96. The van der Waals surface area contributed by atoms with Gasteiger partial charge in [-0.25, -0.2) is 0 Å². The Morgan fingerprint density at radius 3 is 3.07 bits per heavy atom. The van der Waals surface area contributed by atoms with Crippen LogP contribution in [0.4, 0.5) is 0 Å². The van der Waals surface area contributed by atoms with E-state index in [9.17, 15) is 0 Å². The van der Waals surface area contributed by atoms with E-state index in [2.05, 4.69) is 23.0 Å². The first kappa shape index (κ1) is 8.04. The summed E-state index contributed by atoms with van der Waals surface area (Å²) in [5.41, 5.74) is 5.36. The predicted molar refractivity (Wildman–Crippen MR) is 57.5 cm³/mol. The maximum absolute atomic E-state index is 4.32. The third kappa shape index (κ3) is 0.999. The van der Waals surface area contributed by atoms with E-state index in [1.165, 1.54) is 47.8 Å². The molecule has 14 heavy (non-hydrogen) atoms. The molecule has 0 spiro atoms. The molecule has 0 bridgehead atoms. The van der Waals surface area contributed by atoms with E-state index >= 15 is 0 Å². The smallest absolute Gasteiger partial charge is 0.0675 e. The first-order valence-electron chi connectivity index (χ1n) is 5.31. The number of pyridine rings is 1. The Labute approximate surface area is 83.4 Å². The van der Waals surface area contributed by atoms with Crippen LogP contribution < -0.4 is 0 Å². The molecular formula is C12H14N2. The van der Waals surface area contributed by atoms with Gasteiger partial charge >= 0.3 is 0 Å². The van der Waals surface area contributed by atoms with Crippen molar-refractivity contribution in [3.05, 3.63) is 29.2 Å². The summed E-state index contributed by atoms with van der Waals surface area (Å²) in [6, 6.07) is 2.14. The molecule has 0 aromatic carbocycles. The molecule has 72 valence electrons. The summed E-state index contributed by atoms with van der Waals surface area (Å²) in [4.78, 5) is 7.84. The third-order valence-corrected chi connectivity index (χ3v) is 3.21. The minimum absolute atomic E-state index is 1.12. The second-order valence-electron chi connectivity index (χ2n) is 4.11. The van der Waals surface area contributed by atoms with Gasteiger partial charge in [-0.05, 0) is 44.2 Å². The highest BCUT2D eigenvalue weighted by atomic mass is 14.8. The summed E-state index contributed by atoms with van der Waals surface area (Å²) in [5.74, 6) is 0. The van der Waals surface area contributed by atoms with Crippen LogP contribution in [0.2, 0.25) is 0 Å². The van der Waals surface area contributed by atoms with Gasteiger partial charge in [0.2, 0.25) is 0 Å². The first-order valence-corrected chi connectivity index (χ1v) is 5.31. The topological polar surface area (TPSA) is 28.7 Å². The van der Waals surface area contributed by atoms with Crippen molar-refractivity contribution in [1.29, 1.82) is 0 Å². The number of fused-ring (bicyclic) bond motifs is 3. The van der Waals surface area contributed by atoms with Crippen molar-refractivity contribution in [1.82, 2.24) is 9.97 Å². The molecule has 3 rings (SSSR count). The van der Waals surface area contributed by atoms with Gasteiger partial charge in [0.05, 0.1) is 11.2 Å². The van der Waals surface area contributed by atoms with Gasteiger partial charge < -0.3 is 4.98 Å². The summed E-state index contributed by atoms with van der Waals surface area (Å²) < 4.78 is 0. The molecule has 0 unspecified atom stereocenters. The summed E-state index contributed by atoms with van der Waals surface area (Å²) in [6.07, 6.45) is 7.02. The SMILES string of the molecule is Cc1nccc2c3c([nH]c12)CCCC3. The highest BCUT2D eigenvalue weighted by molar-refractivity contribution is 5.86. The summed E-state index contributed by atoms with van der Waals surface area (Å²) in [6.45, 7) is 2.07. The molecule has 2 aromatic rings. The molecule has 0 saturated carbocycles. The van der Waals surface area contributed by atoms with Crippen LogP contribution in [-0.4, -0.2) is 9.97 Å². The molecule has 1 aliphatic carbocycles. The number of H-pyrrole nitrogens is 1. The van der Waals surface area contributed by atoms with Crippen molar-refractivity contribution in [3.63, 3.8) is 0 Å². The Morgan fingerprint density at radius 1 is 1.29 bits per heavy atom. The molecular weight excluding hydrogens is 172 g/mol. The summed E-state index contributed by atoms with van der Waals surface area (Å²) in [7, 11) is 0. The number of hydrogen-bond donors (Lipinski definition) is 1. The first-order chi connectivity index (χ1) is 6.86. The van der Waals surface area contributed by atoms with Gasteiger partial charge in [0, 0.05) is 17.3 Å². The number of rotatable bonds is 0. The lowest BCUT2D eigenvalue weighted by Crippen LogP contribution is -1.99. The molecule has 0 fully saturated rings. The van der Waals surface area contributed by atoms with E-state index in [0.717, 1.165) is 5.69 Å². The van der Waals surface area contributed by atoms with Crippen molar-refractivity contribution in [2.45, 2.75) is 32.6 Å². The van der Waals surface area contributed by atoms with E-state index < -0.39 is 0 Å². The maximum atomic E-state index is 4.32. The van der Waals surface area contributed by atoms with Crippen LogP contribution in [0.3, 0.4) is 0 Å². The van der Waals surface area contributed by atoms with Crippen LogP contribution in [0.25, 0.3) is 10.9 Å². The standard InChI is InChI=1S/C12H14N2/c1-8-12-10(6-7-13-8)9-4-2-3-5-11(9)14-12/h6-7,14H,2-5H2,1H3. The fourth-order valence-electron chi connectivity index (χ4n) is 2.47. The predicted octanol–water partition coefficient (Wildman–Crippen LogP) is 2.75. The lowest BCUT2D eigenvalue weighted by molar-refractivity contribution is 0.680. The quantitative estimate of drug-likeness (QED) is 0.673. The molecule has 0 amide bonds. The maximum Gasteiger partial charge on any atom is 0.0675 e. The number of nitrogens with zero attached hydrogens (tertiary/aromatic N) is 1. The Kier molecular flexibility index (Phi) is 1.63. The number of nitrogens with one attached hydrogen (secondary N) is 1. The molecule has 2 heteroatoms. The molecule has 0 saturated heterocycles. The summed E-state index contributed by atoms with van der Waals surface area (Å²) >= 11 is 0. The number of aryl methyl sites for hydroxylation is 3. The Hall–Kier alpha value is -1.31. The second-order valence-corrected chi connectivity index (χ2v) is 4.11. The van der Waals surface area contributed by atoms with Crippen LogP contribution in [0.5, 0.6) is 0 Å². The fraction of sp³-hybridized carbons (Fsp3) is 0.417. The van der Waals surface area contributed by atoms with Crippen molar-refractivity contribution in [3.8, 4) is 0 Å². The molecule has 0 atom stereocenters. The number of aromatic nitrogens is 2. The lowest BCUT2D eigenvalue weighted by Gasteiger charge is -2.10. The van der Waals surface area contributed by atoms with Crippen molar-refractivity contribution in [2.75, 3.05) is 0 Å². The van der Waals surface area contributed by atoms with Crippen molar-refractivity contribution < 1.29 is 0 Å². The highest BCUT2D eigenvalue weighted by Crippen LogP contribution is 2.29. The van der Waals surface area contributed by atoms with Crippen molar-refractivity contribution in [2.24, 2.45) is 0 Å². The minimum atomic E-state index is 1.12. The summed E-state index contributed by atoms with van der Waals surface area (Å²) in [5, 5.41) is 1.40. The fourth-order valence-corrected chi connectivity index (χ4v) is 2.47. The van der Waals surface area contributed by atoms with Crippen LogP contribution in [-0.2, 0) is 12.8 Å². The Morgan fingerprint density at radius 2 is 2.14 bits per heavy atom. The van der Waals surface area contributed by atoms with Gasteiger partial charge in [0.15, 0.2) is 0 Å². The van der Waals surface area contributed by atoms with E-state index in [1.807, 2.05) is 6.20 Å². The van der Waals surface area contributed by atoms with Gasteiger partial charge in [-0.2, -0.15) is 0 Å². The molecule has 2 nitrogen and oxygen atoms in total. The number of hydrogen-bond acceptors (Lipinski definition) is 1. The Balaban J connectivity index is 2.36. The monoisotopic (exact) mass is 186 g/mol. The zero-order valence-electron chi connectivity index (χ0n) is 8.43. The van der Waals surface area contributed by atoms with Crippen molar-refractivity contribution >= 4 is 10.9 Å². The second kappa shape index (κ2) is 2.84. The van der Waals surface area contributed by atoms with Gasteiger partial charge in [0.25, 0.3) is 0 Å². The number of aromatic amines is 1. The van der Waals surface area contributed by atoms with E-state index in [0.29, 0.717) is 0 Å². The minimum Gasteiger partial charge on any atom is -0.357 e. The van der Waals surface area contributed by atoms with Gasteiger partial charge in [-0.15, -0.1) is 0 Å². The van der Waals surface area contributed by atoms with Gasteiger partial charge in [0.1, 0.15) is 0 Å². The van der Waals surface area contributed by atoms with E-state index in [4.69, 9.17) is 0 Å². The molecule has 1 aliphatic rings. The zero-order chi connectivity index (χ0) is 9.54. The normalized spacial score (nSPS) is 15.8. The molecule has 2 aromatic heterocycles. The highest BCUT2D eigenvalue weighted by Gasteiger charge is 2.15. The van der Waals surface area contributed by atoms with Gasteiger partial charge in [-0.1, -0.05) is 0 Å². The Bertz CT molecular complexity index is 482. The largest absolute Gasteiger partial charge is 0.357 e. The van der Waals surface area contributed by atoms with E-state index in [1.54, 1.807) is 0 Å². The molecule has 2 heterocycles. The molecule has 0 aliphatic heterocycles.